The molecule has 120 valence electrons. The minimum atomic E-state index is -4.05. The summed E-state index contributed by atoms with van der Waals surface area (Å²) in [5, 5.41) is 11.1. The van der Waals surface area contributed by atoms with Crippen LogP contribution in [0.1, 0.15) is 26.7 Å². The predicted octanol–water partition coefficient (Wildman–Crippen LogP) is 0.337. The lowest BCUT2D eigenvalue weighted by molar-refractivity contribution is -0.767. The summed E-state index contributed by atoms with van der Waals surface area (Å²) in [6.07, 6.45) is 1.33. The Morgan fingerprint density at radius 3 is 2.15 bits per heavy atom. The minimum absolute atomic E-state index is 0.0446. The molecule has 0 aliphatic heterocycles. The van der Waals surface area contributed by atoms with Crippen LogP contribution in [0.25, 0.3) is 0 Å². The molecule has 8 heteroatoms. The van der Waals surface area contributed by atoms with E-state index in [-0.39, 0.29) is 19.1 Å². The monoisotopic (exact) mass is 311 g/mol. The van der Waals surface area contributed by atoms with Crippen LogP contribution in [0.15, 0.2) is 12.2 Å². The molecule has 0 atom stereocenters. The van der Waals surface area contributed by atoms with Gasteiger partial charge in [-0.3, -0.25) is 4.79 Å². The van der Waals surface area contributed by atoms with Gasteiger partial charge in [0.05, 0.1) is 20.6 Å². The van der Waals surface area contributed by atoms with Crippen LogP contribution in [0.2, 0.25) is 0 Å². The number of quaternary nitrogens is 1. The molecule has 0 aliphatic rings. The Hall–Kier alpha value is -0.960. The van der Waals surface area contributed by atoms with Crippen molar-refractivity contribution >= 4 is 16.2 Å². The topological polar surface area (TPSA) is 104 Å². The van der Waals surface area contributed by atoms with Gasteiger partial charge in [0.1, 0.15) is 0 Å². The number of carbonyl (C=O) groups excluding carboxylic acids is 1. The van der Waals surface area contributed by atoms with Gasteiger partial charge >= 0.3 is 10.3 Å². The van der Waals surface area contributed by atoms with Crippen LogP contribution in [0, 0.1) is 0 Å². The molecule has 0 unspecified atom stereocenters. The number of carbonyl (C=O) groups is 1. The molecule has 3 N–H and O–H groups in total. The molecule has 0 saturated carbocycles. The maximum Gasteiger partial charge on any atom is 0.432 e. The van der Waals surface area contributed by atoms with Gasteiger partial charge in [0.2, 0.25) is 5.91 Å². The average molecular weight is 311 g/mol. The Kier molecular flexibility index (Phi) is 10.5. The molecular weight excluding hydrogens is 284 g/mol. The molecule has 0 aromatic carbocycles. The number of aliphatic hydroxyl groups excluding tert-OH is 1. The highest BCUT2D eigenvalue weighted by molar-refractivity contribution is 7.80. The van der Waals surface area contributed by atoms with E-state index in [9.17, 15) is 13.2 Å². The number of nitrogens with one attached hydrogen (secondary N) is 1. The second-order valence-corrected chi connectivity index (χ2v) is 6.74. The third-order valence-electron chi connectivity index (χ3n) is 2.40. The molecule has 0 radical (unpaired) electrons. The van der Waals surface area contributed by atoms with Crippen molar-refractivity contribution in [3.8, 4) is 0 Å². The van der Waals surface area contributed by atoms with Gasteiger partial charge in [-0.1, -0.05) is 13.5 Å². The van der Waals surface area contributed by atoms with Gasteiger partial charge in [-0.15, -0.1) is 8.42 Å². The Balaban J connectivity index is 0. The van der Waals surface area contributed by atoms with Crippen molar-refractivity contribution in [2.24, 2.45) is 0 Å². The first-order chi connectivity index (χ1) is 8.99. The molecule has 7 nitrogen and oxygen atoms in total. The van der Waals surface area contributed by atoms with Crippen LogP contribution in [0.4, 0.5) is 0 Å². The zero-order valence-corrected chi connectivity index (χ0v) is 13.5. The molecule has 0 aromatic heterocycles. The van der Waals surface area contributed by atoms with E-state index in [2.05, 4.69) is 11.9 Å². The van der Waals surface area contributed by atoms with Crippen molar-refractivity contribution in [1.82, 2.24) is 5.32 Å². The zero-order valence-electron chi connectivity index (χ0n) is 12.7. The number of aliphatic hydroxyl groups is 1. The van der Waals surface area contributed by atoms with Crippen LogP contribution in [-0.4, -0.2) is 61.7 Å². The van der Waals surface area contributed by atoms with Gasteiger partial charge in [0.15, 0.2) is 0 Å². The summed E-state index contributed by atoms with van der Waals surface area (Å²) in [5.74, 6) is -0.0446. The molecular formula is C12H27N2O5S+. The Labute approximate surface area is 121 Å². The van der Waals surface area contributed by atoms with Gasteiger partial charge in [0.25, 0.3) is 0 Å². The molecule has 0 bridgehead atoms. The summed E-state index contributed by atoms with van der Waals surface area (Å²) < 4.78 is 29.3. The number of hydrogen-bond donors (Lipinski definition) is 3. The number of amides is 1. The highest BCUT2D eigenvalue weighted by Crippen LogP contribution is 2.05. The fourth-order valence-corrected chi connectivity index (χ4v) is 1.32. The van der Waals surface area contributed by atoms with Crippen molar-refractivity contribution in [3.63, 3.8) is 0 Å². The van der Waals surface area contributed by atoms with Gasteiger partial charge in [0, 0.05) is 25.1 Å². The van der Waals surface area contributed by atoms with Crippen LogP contribution in [0.3, 0.4) is 0 Å². The van der Waals surface area contributed by atoms with E-state index in [1.165, 1.54) is 14.1 Å². The van der Waals surface area contributed by atoms with E-state index in [1.54, 1.807) is 6.92 Å². The molecule has 0 saturated heterocycles. The summed E-state index contributed by atoms with van der Waals surface area (Å²) in [6, 6.07) is 0. The first-order valence-electron chi connectivity index (χ1n) is 6.34. The van der Waals surface area contributed by atoms with Crippen molar-refractivity contribution in [3.05, 3.63) is 12.2 Å². The third kappa shape index (κ3) is 9.90. The molecule has 0 heterocycles. The smallest absolute Gasteiger partial charge is 0.396 e. The molecule has 0 fully saturated rings. The summed E-state index contributed by atoms with van der Waals surface area (Å²) in [7, 11) is -1.32. The number of nitrogens with zero attached hydrogens (tertiary/aromatic N) is 1. The molecule has 1 amide bonds. The SMILES string of the molecule is C=C(C)C(=O)NCCC.C[N+](C)(CCCO)S(=O)(=O)O. The van der Waals surface area contributed by atoms with Crippen LogP contribution in [0.5, 0.6) is 0 Å². The lowest BCUT2D eigenvalue weighted by Crippen LogP contribution is -2.45. The highest BCUT2D eigenvalue weighted by Gasteiger charge is 2.29. The normalized spacial score (nSPS) is 11.3. The first kappa shape index (κ1) is 21.3. The van der Waals surface area contributed by atoms with Gasteiger partial charge in [-0.25, -0.2) is 4.55 Å². The lowest BCUT2D eigenvalue weighted by Gasteiger charge is -2.23. The van der Waals surface area contributed by atoms with E-state index >= 15 is 0 Å². The quantitative estimate of drug-likeness (QED) is 0.357. The van der Waals surface area contributed by atoms with E-state index in [0.717, 1.165) is 13.0 Å². The molecule has 0 spiro atoms. The van der Waals surface area contributed by atoms with E-state index in [0.29, 0.717) is 12.0 Å². The molecule has 20 heavy (non-hydrogen) atoms. The Bertz CT molecular complexity index is 404. The average Bonchev–Trinajstić information content (AvgIpc) is 2.32. The third-order valence-corrected chi connectivity index (χ3v) is 3.83. The van der Waals surface area contributed by atoms with Crippen molar-refractivity contribution in [2.75, 3.05) is 33.8 Å². The first-order valence-corrected chi connectivity index (χ1v) is 7.74. The summed E-state index contributed by atoms with van der Waals surface area (Å²) in [4.78, 5) is 10.7. The summed E-state index contributed by atoms with van der Waals surface area (Å²) in [5.41, 5.74) is 0.573. The van der Waals surface area contributed by atoms with Crippen LogP contribution < -0.4 is 5.32 Å². The Morgan fingerprint density at radius 1 is 1.35 bits per heavy atom. The number of hydrogen-bond acceptors (Lipinski definition) is 4. The largest absolute Gasteiger partial charge is 0.432 e. The van der Waals surface area contributed by atoms with Crippen LogP contribution >= 0.6 is 0 Å². The van der Waals surface area contributed by atoms with E-state index in [1.807, 2.05) is 6.92 Å². The van der Waals surface area contributed by atoms with Crippen molar-refractivity contribution in [2.45, 2.75) is 26.7 Å². The minimum Gasteiger partial charge on any atom is -0.396 e. The second kappa shape index (κ2) is 9.87. The Morgan fingerprint density at radius 2 is 1.85 bits per heavy atom. The highest BCUT2D eigenvalue weighted by atomic mass is 32.2. The fraction of sp³-hybridized carbons (Fsp3) is 0.750. The maximum absolute atomic E-state index is 10.7. The maximum atomic E-state index is 10.7. The number of rotatable bonds is 7. The van der Waals surface area contributed by atoms with Gasteiger partial charge in [-0.2, -0.15) is 3.89 Å². The molecule has 0 aliphatic carbocycles. The molecule has 0 rings (SSSR count). The van der Waals surface area contributed by atoms with Gasteiger partial charge < -0.3 is 10.4 Å². The van der Waals surface area contributed by atoms with Crippen molar-refractivity contribution < 1.29 is 26.8 Å². The van der Waals surface area contributed by atoms with E-state index in [4.69, 9.17) is 9.66 Å². The zero-order chi connectivity index (χ0) is 16.4. The standard InChI is InChI=1S/C7H13NO.C5H13NO4S/c1-4-5-8-7(9)6(2)3;1-6(2,4-3-5-7)11(8,9)10/h2,4-5H2,1,3H3,(H,8,9);7H,3-5H2,1-2H3/p+1. The van der Waals surface area contributed by atoms with E-state index < -0.39 is 14.2 Å². The lowest BCUT2D eigenvalue weighted by atomic mass is 10.3. The second-order valence-electron chi connectivity index (χ2n) is 4.86. The summed E-state index contributed by atoms with van der Waals surface area (Å²) >= 11 is 0. The molecule has 0 aromatic rings. The fourth-order valence-electron chi connectivity index (χ4n) is 0.956. The van der Waals surface area contributed by atoms with Gasteiger partial charge in [-0.05, 0) is 13.3 Å². The summed E-state index contributed by atoms with van der Waals surface area (Å²) in [6.45, 7) is 8.08. The van der Waals surface area contributed by atoms with Crippen LogP contribution in [-0.2, 0) is 15.1 Å². The van der Waals surface area contributed by atoms with Crippen molar-refractivity contribution in [1.29, 1.82) is 0 Å². The predicted molar refractivity (Wildman–Crippen MR) is 78.3 cm³/mol.